The highest BCUT2D eigenvalue weighted by Crippen LogP contribution is 2.23. The average molecular weight is 336 g/mol. The van der Waals surface area contributed by atoms with Crippen molar-refractivity contribution in [2.75, 3.05) is 5.73 Å². The van der Waals surface area contributed by atoms with Gasteiger partial charge in [-0.3, -0.25) is 0 Å². The number of benzene rings is 1. The molecular weight excluding hydrogens is 326 g/mol. The number of ether oxygens (including phenoxy) is 1. The predicted octanol–water partition coefficient (Wildman–Crippen LogP) is 3.62. The maximum Gasteiger partial charge on any atom is 0.169 e. The molecule has 0 atom stereocenters. The number of nitrogen functional groups attached to an aromatic ring is 1. The van der Waals surface area contributed by atoms with Crippen LogP contribution in [0.1, 0.15) is 5.82 Å². The molecular formula is C13H10BrN3OS. The number of nitrogens with two attached hydrogens (primary N) is 1. The highest BCUT2D eigenvalue weighted by atomic mass is 79.9. The van der Waals surface area contributed by atoms with Crippen LogP contribution in [0.3, 0.4) is 0 Å². The number of hydrogen-bond donors (Lipinski definition) is 1. The first-order valence-corrected chi connectivity index (χ1v) is 7.27. The summed E-state index contributed by atoms with van der Waals surface area (Å²) in [6, 6.07) is 9.56. The van der Waals surface area contributed by atoms with Crippen molar-refractivity contribution < 1.29 is 4.74 Å². The average Bonchev–Trinajstić information content (AvgIpc) is 2.85. The van der Waals surface area contributed by atoms with Crippen LogP contribution >= 0.6 is 27.3 Å². The standard InChI is InChI=1S/C13H10BrN3OS/c14-8-2-1-3-9(6-8)18-7-11-16-12(15)10-4-5-19-13(10)17-11/h1-6H,7H2,(H2,15,16,17). The molecule has 96 valence electrons. The van der Waals surface area contributed by atoms with Gasteiger partial charge in [0.15, 0.2) is 5.82 Å². The van der Waals surface area contributed by atoms with E-state index in [2.05, 4.69) is 25.9 Å². The van der Waals surface area contributed by atoms with Gasteiger partial charge in [-0.1, -0.05) is 22.0 Å². The Balaban J connectivity index is 1.81. The van der Waals surface area contributed by atoms with Crippen LogP contribution in [0.2, 0.25) is 0 Å². The third-order valence-electron chi connectivity index (χ3n) is 2.56. The molecule has 3 aromatic rings. The lowest BCUT2D eigenvalue weighted by atomic mass is 10.3. The lowest BCUT2D eigenvalue weighted by Crippen LogP contribution is -2.04. The van der Waals surface area contributed by atoms with E-state index in [1.54, 1.807) is 11.3 Å². The van der Waals surface area contributed by atoms with E-state index in [0.717, 1.165) is 20.4 Å². The molecule has 0 aliphatic rings. The van der Waals surface area contributed by atoms with Gasteiger partial charge in [0.2, 0.25) is 0 Å². The molecule has 4 nitrogen and oxygen atoms in total. The van der Waals surface area contributed by atoms with Gasteiger partial charge >= 0.3 is 0 Å². The van der Waals surface area contributed by atoms with Crippen molar-refractivity contribution in [3.05, 3.63) is 46.0 Å². The number of anilines is 1. The largest absolute Gasteiger partial charge is 0.486 e. The number of nitrogens with zero attached hydrogens (tertiary/aromatic N) is 2. The van der Waals surface area contributed by atoms with Crippen LogP contribution in [0.5, 0.6) is 5.75 Å². The molecule has 0 saturated carbocycles. The molecule has 0 aliphatic carbocycles. The summed E-state index contributed by atoms with van der Waals surface area (Å²) in [6.07, 6.45) is 0. The van der Waals surface area contributed by atoms with Crippen molar-refractivity contribution >= 4 is 43.3 Å². The lowest BCUT2D eigenvalue weighted by molar-refractivity contribution is 0.296. The summed E-state index contributed by atoms with van der Waals surface area (Å²) in [5.41, 5.74) is 5.89. The molecule has 2 aromatic heterocycles. The summed E-state index contributed by atoms with van der Waals surface area (Å²) < 4.78 is 6.62. The minimum atomic E-state index is 0.300. The number of rotatable bonds is 3. The SMILES string of the molecule is Nc1nc(COc2cccc(Br)c2)nc2sccc12. The molecule has 2 N–H and O–H groups in total. The maximum atomic E-state index is 5.89. The van der Waals surface area contributed by atoms with E-state index in [-0.39, 0.29) is 0 Å². The van der Waals surface area contributed by atoms with Crippen molar-refractivity contribution in [2.24, 2.45) is 0 Å². The zero-order valence-electron chi connectivity index (χ0n) is 9.84. The zero-order chi connectivity index (χ0) is 13.2. The molecule has 0 fully saturated rings. The fourth-order valence-electron chi connectivity index (χ4n) is 1.69. The van der Waals surface area contributed by atoms with Gasteiger partial charge in [0, 0.05) is 4.47 Å². The molecule has 0 aliphatic heterocycles. The Hall–Kier alpha value is -1.66. The third kappa shape index (κ3) is 2.69. The van der Waals surface area contributed by atoms with Crippen molar-refractivity contribution in [1.29, 1.82) is 0 Å². The van der Waals surface area contributed by atoms with E-state index in [1.165, 1.54) is 0 Å². The van der Waals surface area contributed by atoms with Gasteiger partial charge < -0.3 is 10.5 Å². The summed E-state index contributed by atoms with van der Waals surface area (Å²) in [5.74, 6) is 1.86. The summed E-state index contributed by atoms with van der Waals surface area (Å²) in [5, 5.41) is 2.85. The Labute approximate surface area is 122 Å². The second-order valence-electron chi connectivity index (χ2n) is 3.91. The quantitative estimate of drug-likeness (QED) is 0.794. The molecule has 19 heavy (non-hydrogen) atoms. The van der Waals surface area contributed by atoms with Gasteiger partial charge in [-0.2, -0.15) is 0 Å². The Morgan fingerprint density at radius 2 is 2.16 bits per heavy atom. The number of aromatic nitrogens is 2. The number of thiophene rings is 1. The van der Waals surface area contributed by atoms with Crippen LogP contribution < -0.4 is 10.5 Å². The molecule has 6 heteroatoms. The number of hydrogen-bond acceptors (Lipinski definition) is 5. The fourth-order valence-corrected chi connectivity index (χ4v) is 2.86. The lowest BCUT2D eigenvalue weighted by Gasteiger charge is -2.06. The summed E-state index contributed by atoms with van der Waals surface area (Å²) >= 11 is 4.94. The Kier molecular flexibility index (Phi) is 3.35. The topological polar surface area (TPSA) is 61.0 Å². The predicted molar refractivity (Wildman–Crippen MR) is 80.3 cm³/mol. The first-order chi connectivity index (χ1) is 9.22. The van der Waals surface area contributed by atoms with Crippen LogP contribution in [-0.2, 0) is 6.61 Å². The molecule has 0 saturated heterocycles. The van der Waals surface area contributed by atoms with Crippen LogP contribution in [-0.4, -0.2) is 9.97 Å². The van der Waals surface area contributed by atoms with E-state index in [4.69, 9.17) is 10.5 Å². The van der Waals surface area contributed by atoms with E-state index < -0.39 is 0 Å². The molecule has 0 unspecified atom stereocenters. The number of fused-ring (bicyclic) bond motifs is 1. The highest BCUT2D eigenvalue weighted by Gasteiger charge is 2.07. The van der Waals surface area contributed by atoms with Crippen molar-refractivity contribution in [3.8, 4) is 5.75 Å². The summed E-state index contributed by atoms with van der Waals surface area (Å²) in [6.45, 7) is 0.300. The van der Waals surface area contributed by atoms with Gasteiger partial charge in [-0.15, -0.1) is 11.3 Å². The smallest absolute Gasteiger partial charge is 0.169 e. The van der Waals surface area contributed by atoms with Gasteiger partial charge in [-0.25, -0.2) is 9.97 Å². The zero-order valence-corrected chi connectivity index (χ0v) is 12.2. The van der Waals surface area contributed by atoms with Crippen molar-refractivity contribution in [2.45, 2.75) is 6.61 Å². The minimum Gasteiger partial charge on any atom is -0.486 e. The Morgan fingerprint density at radius 1 is 1.26 bits per heavy atom. The van der Waals surface area contributed by atoms with Crippen LogP contribution in [0.25, 0.3) is 10.2 Å². The third-order valence-corrected chi connectivity index (χ3v) is 3.86. The number of halogens is 1. The maximum absolute atomic E-state index is 5.89. The molecule has 0 amide bonds. The minimum absolute atomic E-state index is 0.300. The van der Waals surface area contributed by atoms with Gasteiger partial charge in [-0.05, 0) is 29.6 Å². The van der Waals surface area contributed by atoms with Crippen LogP contribution in [0.15, 0.2) is 40.2 Å². The summed E-state index contributed by atoms with van der Waals surface area (Å²) in [7, 11) is 0. The van der Waals surface area contributed by atoms with E-state index in [1.807, 2.05) is 35.7 Å². The van der Waals surface area contributed by atoms with Gasteiger partial charge in [0.05, 0.1) is 5.39 Å². The second-order valence-corrected chi connectivity index (χ2v) is 5.72. The van der Waals surface area contributed by atoms with E-state index >= 15 is 0 Å². The van der Waals surface area contributed by atoms with Gasteiger partial charge in [0.25, 0.3) is 0 Å². The van der Waals surface area contributed by atoms with Gasteiger partial charge in [0.1, 0.15) is 23.0 Å². The first kappa shape index (κ1) is 12.4. The Morgan fingerprint density at radius 3 is 3.00 bits per heavy atom. The molecule has 1 aromatic carbocycles. The van der Waals surface area contributed by atoms with Crippen molar-refractivity contribution in [3.63, 3.8) is 0 Å². The van der Waals surface area contributed by atoms with Crippen LogP contribution in [0, 0.1) is 0 Å². The molecule has 3 rings (SSSR count). The van der Waals surface area contributed by atoms with E-state index in [0.29, 0.717) is 18.2 Å². The Bertz CT molecular complexity index is 729. The highest BCUT2D eigenvalue weighted by molar-refractivity contribution is 9.10. The monoisotopic (exact) mass is 335 g/mol. The molecule has 0 spiro atoms. The molecule has 0 bridgehead atoms. The summed E-state index contributed by atoms with van der Waals surface area (Å²) in [4.78, 5) is 9.56. The van der Waals surface area contributed by atoms with E-state index in [9.17, 15) is 0 Å². The first-order valence-electron chi connectivity index (χ1n) is 5.60. The fraction of sp³-hybridized carbons (Fsp3) is 0.0769. The molecule has 2 heterocycles. The normalized spacial score (nSPS) is 10.8. The van der Waals surface area contributed by atoms with Crippen LogP contribution in [0.4, 0.5) is 5.82 Å². The van der Waals surface area contributed by atoms with Crippen molar-refractivity contribution in [1.82, 2.24) is 9.97 Å². The second kappa shape index (κ2) is 5.14. The molecule has 0 radical (unpaired) electrons.